The lowest BCUT2D eigenvalue weighted by Gasteiger charge is -2.14. The first-order valence-corrected chi connectivity index (χ1v) is 9.53. The van der Waals surface area contributed by atoms with Crippen molar-refractivity contribution < 1.29 is 9.59 Å². The molecule has 0 unspecified atom stereocenters. The molecule has 1 aliphatic carbocycles. The van der Waals surface area contributed by atoms with E-state index in [0.29, 0.717) is 6.04 Å². The first-order chi connectivity index (χ1) is 12.5. The molecule has 8 heteroatoms. The van der Waals surface area contributed by atoms with Gasteiger partial charge in [-0.05, 0) is 44.7 Å². The van der Waals surface area contributed by atoms with Crippen LogP contribution in [0.5, 0.6) is 0 Å². The van der Waals surface area contributed by atoms with Crippen molar-refractivity contribution >= 4 is 29.3 Å². The minimum atomic E-state index is -0.357. The molecular formula is C18H23N5O2S. The highest BCUT2D eigenvalue weighted by Crippen LogP contribution is 2.37. The Morgan fingerprint density at radius 3 is 2.65 bits per heavy atom. The van der Waals surface area contributed by atoms with E-state index in [4.69, 9.17) is 0 Å². The van der Waals surface area contributed by atoms with Crippen LogP contribution in [0.3, 0.4) is 0 Å². The standard InChI is InChI=1S/C18H23N5O2S/c1-11-5-4-6-12(2)16(11)21-15(24)9-19-17(25)13(3)26-18-22-20-10-23(18)14-7-8-14/h4-6,10,13-14H,7-9H2,1-3H3,(H,19,25)(H,21,24)/t13-/m0/s1. The van der Waals surface area contributed by atoms with Crippen LogP contribution < -0.4 is 10.6 Å². The third kappa shape index (κ3) is 4.43. The number of aryl methyl sites for hydroxylation is 2. The van der Waals surface area contributed by atoms with Crippen LogP contribution in [0.25, 0.3) is 0 Å². The van der Waals surface area contributed by atoms with E-state index in [-0.39, 0.29) is 23.6 Å². The summed E-state index contributed by atoms with van der Waals surface area (Å²) in [6, 6.07) is 6.29. The van der Waals surface area contributed by atoms with Crippen LogP contribution in [0.4, 0.5) is 5.69 Å². The summed E-state index contributed by atoms with van der Waals surface area (Å²) in [5, 5.41) is 14.0. The van der Waals surface area contributed by atoms with E-state index in [2.05, 4.69) is 20.8 Å². The average molecular weight is 373 g/mol. The van der Waals surface area contributed by atoms with Crippen molar-refractivity contribution in [2.75, 3.05) is 11.9 Å². The summed E-state index contributed by atoms with van der Waals surface area (Å²) in [6.45, 7) is 5.62. The molecule has 0 radical (unpaired) electrons. The average Bonchev–Trinajstić information content (AvgIpc) is 3.35. The summed E-state index contributed by atoms with van der Waals surface area (Å²) in [4.78, 5) is 24.4. The summed E-state index contributed by atoms with van der Waals surface area (Å²) in [5.41, 5.74) is 2.78. The Bertz CT molecular complexity index is 795. The molecule has 0 bridgehead atoms. The molecule has 1 fully saturated rings. The number of thioether (sulfide) groups is 1. The van der Waals surface area contributed by atoms with E-state index in [0.717, 1.165) is 34.8 Å². The molecule has 0 aliphatic heterocycles. The number of nitrogens with one attached hydrogen (secondary N) is 2. The van der Waals surface area contributed by atoms with E-state index in [9.17, 15) is 9.59 Å². The molecule has 138 valence electrons. The monoisotopic (exact) mass is 373 g/mol. The van der Waals surface area contributed by atoms with Gasteiger partial charge in [0.05, 0.1) is 11.8 Å². The molecule has 0 spiro atoms. The van der Waals surface area contributed by atoms with Crippen molar-refractivity contribution in [2.24, 2.45) is 0 Å². The Morgan fingerprint density at radius 2 is 2.00 bits per heavy atom. The van der Waals surface area contributed by atoms with Crippen LogP contribution in [0.15, 0.2) is 29.7 Å². The summed E-state index contributed by atoms with van der Waals surface area (Å²) < 4.78 is 2.02. The number of amides is 2. The van der Waals surface area contributed by atoms with Gasteiger partial charge in [0, 0.05) is 11.7 Å². The quantitative estimate of drug-likeness (QED) is 0.728. The van der Waals surface area contributed by atoms with Crippen molar-refractivity contribution in [1.82, 2.24) is 20.1 Å². The summed E-state index contributed by atoms with van der Waals surface area (Å²) in [6.07, 6.45) is 3.97. The highest BCUT2D eigenvalue weighted by atomic mass is 32.2. The predicted molar refractivity (Wildman–Crippen MR) is 101 cm³/mol. The summed E-state index contributed by atoms with van der Waals surface area (Å²) in [5.74, 6) is -0.439. The van der Waals surface area contributed by atoms with Crippen LogP contribution in [-0.2, 0) is 9.59 Å². The fraction of sp³-hybridized carbons (Fsp3) is 0.444. The number of anilines is 1. The van der Waals surface area contributed by atoms with E-state index in [1.54, 1.807) is 13.3 Å². The molecule has 0 saturated heterocycles. The second kappa shape index (κ2) is 7.90. The predicted octanol–water partition coefficient (Wildman–Crippen LogP) is 2.47. The Balaban J connectivity index is 1.50. The second-order valence-electron chi connectivity index (χ2n) is 6.54. The molecule has 2 amide bonds. The van der Waals surface area contributed by atoms with Gasteiger partial charge in [-0.2, -0.15) is 0 Å². The van der Waals surface area contributed by atoms with Crippen molar-refractivity contribution in [3.8, 4) is 0 Å². The van der Waals surface area contributed by atoms with Crippen molar-refractivity contribution in [3.05, 3.63) is 35.7 Å². The molecule has 3 rings (SSSR count). The van der Waals surface area contributed by atoms with Gasteiger partial charge in [0.2, 0.25) is 11.8 Å². The summed E-state index contributed by atoms with van der Waals surface area (Å²) >= 11 is 1.36. The molecular weight excluding hydrogens is 350 g/mol. The Hall–Kier alpha value is -2.35. The van der Waals surface area contributed by atoms with Gasteiger partial charge in [-0.15, -0.1) is 10.2 Å². The van der Waals surface area contributed by atoms with Gasteiger partial charge in [-0.1, -0.05) is 30.0 Å². The topological polar surface area (TPSA) is 88.9 Å². The zero-order valence-electron chi connectivity index (χ0n) is 15.2. The third-order valence-electron chi connectivity index (χ3n) is 4.30. The number of benzene rings is 1. The van der Waals surface area contributed by atoms with Crippen molar-refractivity contribution in [3.63, 3.8) is 0 Å². The van der Waals surface area contributed by atoms with Gasteiger partial charge in [0.15, 0.2) is 5.16 Å². The lowest BCUT2D eigenvalue weighted by atomic mass is 10.1. The number of aromatic nitrogens is 3. The zero-order chi connectivity index (χ0) is 18.7. The van der Waals surface area contributed by atoms with Crippen LogP contribution >= 0.6 is 11.8 Å². The number of para-hydroxylation sites is 1. The zero-order valence-corrected chi connectivity index (χ0v) is 16.0. The molecule has 2 aromatic rings. The Labute approximate surface area is 157 Å². The van der Waals surface area contributed by atoms with Crippen LogP contribution in [0, 0.1) is 13.8 Å². The minimum absolute atomic E-state index is 0.0627. The fourth-order valence-corrected chi connectivity index (χ4v) is 3.56. The molecule has 1 heterocycles. The van der Waals surface area contributed by atoms with Crippen molar-refractivity contribution in [1.29, 1.82) is 0 Å². The lowest BCUT2D eigenvalue weighted by Crippen LogP contribution is -2.37. The highest BCUT2D eigenvalue weighted by molar-refractivity contribution is 8.00. The van der Waals surface area contributed by atoms with Crippen LogP contribution in [0.2, 0.25) is 0 Å². The number of carbonyl (C=O) groups excluding carboxylic acids is 2. The van der Waals surface area contributed by atoms with E-state index in [1.165, 1.54) is 11.8 Å². The number of nitrogens with zero attached hydrogens (tertiary/aromatic N) is 3. The molecule has 1 atom stereocenters. The van der Waals surface area contributed by atoms with Gasteiger partial charge < -0.3 is 15.2 Å². The maximum atomic E-state index is 12.3. The van der Waals surface area contributed by atoms with Gasteiger partial charge in [0.1, 0.15) is 6.33 Å². The number of rotatable bonds is 7. The molecule has 2 N–H and O–H groups in total. The first kappa shape index (κ1) is 18.4. The number of carbonyl (C=O) groups is 2. The van der Waals surface area contributed by atoms with E-state index in [1.807, 2.05) is 36.6 Å². The van der Waals surface area contributed by atoms with Gasteiger partial charge in [-0.3, -0.25) is 9.59 Å². The highest BCUT2D eigenvalue weighted by Gasteiger charge is 2.28. The Kier molecular flexibility index (Phi) is 5.61. The number of hydrogen-bond acceptors (Lipinski definition) is 5. The Morgan fingerprint density at radius 1 is 1.31 bits per heavy atom. The fourth-order valence-electron chi connectivity index (χ4n) is 2.64. The van der Waals surface area contributed by atoms with E-state index >= 15 is 0 Å². The summed E-state index contributed by atoms with van der Waals surface area (Å²) in [7, 11) is 0. The SMILES string of the molecule is Cc1cccc(C)c1NC(=O)CNC(=O)[C@H](C)Sc1nncn1C1CC1. The minimum Gasteiger partial charge on any atom is -0.346 e. The normalized spacial score (nSPS) is 14.7. The smallest absolute Gasteiger partial charge is 0.243 e. The largest absolute Gasteiger partial charge is 0.346 e. The molecule has 26 heavy (non-hydrogen) atoms. The molecule has 1 saturated carbocycles. The molecule has 1 aromatic carbocycles. The van der Waals surface area contributed by atoms with Gasteiger partial charge in [-0.25, -0.2) is 0 Å². The first-order valence-electron chi connectivity index (χ1n) is 8.65. The van der Waals surface area contributed by atoms with Gasteiger partial charge >= 0.3 is 0 Å². The third-order valence-corrected chi connectivity index (χ3v) is 5.37. The van der Waals surface area contributed by atoms with Crippen LogP contribution in [-0.4, -0.2) is 38.4 Å². The number of hydrogen-bond donors (Lipinski definition) is 2. The van der Waals surface area contributed by atoms with Gasteiger partial charge in [0.25, 0.3) is 0 Å². The molecule has 7 nitrogen and oxygen atoms in total. The maximum Gasteiger partial charge on any atom is 0.243 e. The van der Waals surface area contributed by atoms with Crippen LogP contribution in [0.1, 0.15) is 36.9 Å². The van der Waals surface area contributed by atoms with Crippen molar-refractivity contribution in [2.45, 2.75) is 50.1 Å². The molecule has 1 aromatic heterocycles. The second-order valence-corrected chi connectivity index (χ2v) is 7.85. The molecule has 1 aliphatic rings. The maximum absolute atomic E-state index is 12.3. The lowest BCUT2D eigenvalue weighted by molar-refractivity contribution is -0.123. The van der Waals surface area contributed by atoms with E-state index < -0.39 is 0 Å².